The number of benzene rings is 1. The molecule has 0 atom stereocenters. The monoisotopic (exact) mass is 232 g/mol. The fraction of sp³-hybridized carbons (Fsp3) is 0.533. The van der Waals surface area contributed by atoms with E-state index in [9.17, 15) is 4.79 Å². The Labute approximate surface area is 103 Å². The predicted octanol–water partition coefficient (Wildman–Crippen LogP) is 3.63. The van der Waals surface area contributed by atoms with E-state index in [2.05, 4.69) is 13.8 Å². The van der Waals surface area contributed by atoms with Crippen molar-refractivity contribution in [2.45, 2.75) is 39.5 Å². The summed E-state index contributed by atoms with van der Waals surface area (Å²) in [5, 5.41) is 0. The Morgan fingerprint density at radius 1 is 1.29 bits per heavy atom. The third-order valence-corrected chi connectivity index (χ3v) is 3.19. The maximum absolute atomic E-state index is 11.5. The van der Waals surface area contributed by atoms with Gasteiger partial charge >= 0.3 is 0 Å². The molecule has 0 unspecified atom stereocenters. The third-order valence-electron chi connectivity index (χ3n) is 3.19. The Morgan fingerprint density at radius 2 is 2.12 bits per heavy atom. The fourth-order valence-corrected chi connectivity index (χ4v) is 2.20. The molecule has 0 saturated heterocycles. The fourth-order valence-electron chi connectivity index (χ4n) is 2.20. The van der Waals surface area contributed by atoms with E-state index < -0.39 is 0 Å². The van der Waals surface area contributed by atoms with Crippen LogP contribution in [-0.2, 0) is 6.42 Å². The van der Waals surface area contributed by atoms with Crippen LogP contribution < -0.4 is 4.74 Å². The maximum atomic E-state index is 11.5. The van der Waals surface area contributed by atoms with Crippen LogP contribution in [0.1, 0.15) is 49.0 Å². The van der Waals surface area contributed by atoms with Crippen molar-refractivity contribution < 1.29 is 9.53 Å². The lowest BCUT2D eigenvalue weighted by molar-refractivity contribution is 0.0994. The van der Waals surface area contributed by atoms with Gasteiger partial charge in [0.25, 0.3) is 0 Å². The zero-order valence-corrected chi connectivity index (χ0v) is 10.7. The lowest BCUT2D eigenvalue weighted by Crippen LogP contribution is -2.00. The zero-order valence-electron chi connectivity index (χ0n) is 10.7. The summed E-state index contributed by atoms with van der Waals surface area (Å²) in [6, 6.07) is 5.84. The van der Waals surface area contributed by atoms with Gasteiger partial charge < -0.3 is 4.74 Å². The maximum Gasteiger partial charge on any atom is 0.163 e. The van der Waals surface area contributed by atoms with Crippen LogP contribution in [0, 0.1) is 5.92 Å². The summed E-state index contributed by atoms with van der Waals surface area (Å²) < 4.78 is 5.71. The molecule has 0 spiro atoms. The molecule has 92 valence electrons. The first-order valence-corrected chi connectivity index (χ1v) is 6.46. The van der Waals surface area contributed by atoms with E-state index >= 15 is 0 Å². The smallest absolute Gasteiger partial charge is 0.163 e. The minimum absolute atomic E-state index is 0.270. The van der Waals surface area contributed by atoms with Gasteiger partial charge in [-0.2, -0.15) is 0 Å². The summed E-state index contributed by atoms with van der Waals surface area (Å²) in [4.78, 5) is 11.5. The Balaban J connectivity index is 1.88. The van der Waals surface area contributed by atoms with Gasteiger partial charge in [0.1, 0.15) is 5.75 Å². The molecule has 0 aliphatic heterocycles. The Hall–Kier alpha value is -1.31. The van der Waals surface area contributed by atoms with Crippen molar-refractivity contribution in [2.24, 2.45) is 5.92 Å². The van der Waals surface area contributed by atoms with Crippen molar-refractivity contribution >= 4 is 5.78 Å². The summed E-state index contributed by atoms with van der Waals surface area (Å²) in [6.07, 6.45) is 3.82. The number of carbonyl (C=O) groups is 1. The number of ether oxygens (including phenoxy) is 1. The first-order chi connectivity index (χ1) is 8.16. The molecule has 2 heteroatoms. The van der Waals surface area contributed by atoms with Gasteiger partial charge in [0.15, 0.2) is 5.78 Å². The van der Waals surface area contributed by atoms with Gasteiger partial charge in [-0.3, -0.25) is 4.79 Å². The molecule has 17 heavy (non-hydrogen) atoms. The van der Waals surface area contributed by atoms with Gasteiger partial charge in [-0.1, -0.05) is 13.8 Å². The zero-order chi connectivity index (χ0) is 12.3. The van der Waals surface area contributed by atoms with Crippen LogP contribution in [0.3, 0.4) is 0 Å². The van der Waals surface area contributed by atoms with Crippen LogP contribution in [0.5, 0.6) is 5.75 Å². The van der Waals surface area contributed by atoms with Crippen molar-refractivity contribution in [3.63, 3.8) is 0 Å². The largest absolute Gasteiger partial charge is 0.494 e. The van der Waals surface area contributed by atoms with Crippen LogP contribution >= 0.6 is 0 Å². The number of aryl methyl sites for hydroxylation is 1. The molecular weight excluding hydrogens is 212 g/mol. The minimum Gasteiger partial charge on any atom is -0.494 e. The first-order valence-electron chi connectivity index (χ1n) is 6.46. The normalized spacial score (nSPS) is 14.2. The molecule has 0 aromatic heterocycles. The Bertz CT molecular complexity index is 407. The van der Waals surface area contributed by atoms with Crippen molar-refractivity contribution in [1.82, 2.24) is 0 Å². The second-order valence-corrected chi connectivity index (χ2v) is 5.13. The molecule has 0 fully saturated rings. The molecule has 0 bridgehead atoms. The molecule has 0 N–H and O–H groups in total. The molecule has 0 amide bonds. The van der Waals surface area contributed by atoms with Crippen LogP contribution in [0.4, 0.5) is 0 Å². The van der Waals surface area contributed by atoms with Gasteiger partial charge in [-0.15, -0.1) is 0 Å². The number of fused-ring (bicyclic) bond motifs is 1. The number of hydrogen-bond acceptors (Lipinski definition) is 2. The molecule has 2 rings (SSSR count). The molecule has 2 nitrogen and oxygen atoms in total. The van der Waals surface area contributed by atoms with E-state index in [0.29, 0.717) is 6.42 Å². The van der Waals surface area contributed by atoms with Crippen LogP contribution in [0.25, 0.3) is 0 Å². The highest BCUT2D eigenvalue weighted by Crippen LogP contribution is 2.26. The van der Waals surface area contributed by atoms with Crippen molar-refractivity contribution in [2.75, 3.05) is 6.61 Å². The van der Waals surface area contributed by atoms with Crippen LogP contribution in [-0.4, -0.2) is 12.4 Å². The van der Waals surface area contributed by atoms with E-state index in [4.69, 9.17) is 4.74 Å². The number of ketones is 1. The predicted molar refractivity (Wildman–Crippen MR) is 68.7 cm³/mol. The van der Waals surface area contributed by atoms with Gasteiger partial charge in [0, 0.05) is 12.0 Å². The third kappa shape index (κ3) is 3.09. The number of rotatable bonds is 5. The number of hydrogen-bond donors (Lipinski definition) is 0. The topological polar surface area (TPSA) is 26.3 Å². The highest BCUT2D eigenvalue weighted by Gasteiger charge is 2.19. The lowest BCUT2D eigenvalue weighted by Gasteiger charge is -2.08. The highest BCUT2D eigenvalue weighted by atomic mass is 16.5. The number of Topliss-reactive ketones (excluding diaryl/α,β-unsaturated/α-hetero) is 1. The molecular formula is C15H20O2. The molecule has 0 heterocycles. The molecule has 0 saturated carbocycles. The number of carbonyl (C=O) groups excluding carboxylic acids is 1. The van der Waals surface area contributed by atoms with E-state index in [1.54, 1.807) is 0 Å². The minimum atomic E-state index is 0.270. The van der Waals surface area contributed by atoms with Crippen molar-refractivity contribution in [3.05, 3.63) is 29.3 Å². The lowest BCUT2D eigenvalue weighted by atomic mass is 10.1. The van der Waals surface area contributed by atoms with Crippen LogP contribution in [0.2, 0.25) is 0 Å². The summed E-state index contributed by atoms with van der Waals surface area (Å²) in [5.41, 5.74) is 2.04. The molecule has 1 aromatic rings. The summed E-state index contributed by atoms with van der Waals surface area (Å²) in [7, 11) is 0. The quantitative estimate of drug-likeness (QED) is 0.725. The standard InChI is InChI=1S/C15H20O2/c1-11(2)4-3-9-17-13-6-7-14-12(10-13)5-8-15(14)16/h6-7,10-11H,3-5,8-9H2,1-2H3. The average Bonchev–Trinajstić information content (AvgIpc) is 2.66. The summed E-state index contributed by atoms with van der Waals surface area (Å²) in [5.74, 6) is 1.91. The van der Waals surface area contributed by atoms with Gasteiger partial charge in [-0.25, -0.2) is 0 Å². The highest BCUT2D eigenvalue weighted by molar-refractivity contribution is 6.00. The van der Waals surface area contributed by atoms with Gasteiger partial charge in [0.05, 0.1) is 6.61 Å². The second kappa shape index (κ2) is 5.35. The van der Waals surface area contributed by atoms with E-state index in [0.717, 1.165) is 42.2 Å². The van der Waals surface area contributed by atoms with Crippen LogP contribution in [0.15, 0.2) is 18.2 Å². The summed E-state index contributed by atoms with van der Waals surface area (Å²) in [6.45, 7) is 5.22. The van der Waals surface area contributed by atoms with Crippen molar-refractivity contribution in [3.8, 4) is 5.75 Å². The summed E-state index contributed by atoms with van der Waals surface area (Å²) >= 11 is 0. The Kier molecular flexibility index (Phi) is 3.82. The van der Waals surface area contributed by atoms with Gasteiger partial charge in [0.2, 0.25) is 0 Å². The Morgan fingerprint density at radius 3 is 2.88 bits per heavy atom. The second-order valence-electron chi connectivity index (χ2n) is 5.13. The molecule has 1 aliphatic rings. The van der Waals surface area contributed by atoms with Crippen molar-refractivity contribution in [1.29, 1.82) is 0 Å². The average molecular weight is 232 g/mol. The molecule has 1 aliphatic carbocycles. The SMILES string of the molecule is CC(C)CCCOc1ccc2c(c1)CCC2=O. The van der Waals surface area contributed by atoms with E-state index in [-0.39, 0.29) is 5.78 Å². The first kappa shape index (κ1) is 12.2. The van der Waals surface area contributed by atoms with Gasteiger partial charge in [-0.05, 0) is 48.9 Å². The van der Waals surface area contributed by atoms with E-state index in [1.807, 2.05) is 18.2 Å². The molecule has 1 aromatic carbocycles. The van der Waals surface area contributed by atoms with E-state index in [1.165, 1.54) is 6.42 Å². The molecule has 0 radical (unpaired) electrons.